The molecule has 1 amide bonds. The Balaban J connectivity index is 2.10. The van der Waals surface area contributed by atoms with Crippen LogP contribution in [0.5, 0.6) is 0 Å². The van der Waals surface area contributed by atoms with Gasteiger partial charge in [0.25, 0.3) is 5.56 Å². The Labute approximate surface area is 142 Å². The number of nitrogens with zero attached hydrogens (tertiary/aromatic N) is 3. The fourth-order valence-electron chi connectivity index (χ4n) is 1.82. The molecule has 24 heavy (non-hydrogen) atoms. The van der Waals surface area contributed by atoms with Crippen LogP contribution < -0.4 is 16.7 Å². The normalized spacial score (nSPS) is 11.8. The molecule has 0 aliphatic carbocycles. The van der Waals surface area contributed by atoms with E-state index in [1.54, 1.807) is 31.2 Å². The predicted octanol–water partition coefficient (Wildman–Crippen LogP) is 0.982. The van der Waals surface area contributed by atoms with E-state index in [1.807, 2.05) is 0 Å². The number of hydrogen-bond acceptors (Lipinski definition) is 7. The molecule has 0 spiro atoms. The lowest BCUT2D eigenvalue weighted by atomic mass is 10.1. The summed E-state index contributed by atoms with van der Waals surface area (Å²) >= 11 is 1.02. The van der Waals surface area contributed by atoms with Crippen molar-refractivity contribution in [2.24, 2.45) is 0 Å². The van der Waals surface area contributed by atoms with Gasteiger partial charge in [-0.25, -0.2) is 0 Å². The molecule has 1 heterocycles. The van der Waals surface area contributed by atoms with E-state index in [2.05, 4.69) is 15.5 Å². The van der Waals surface area contributed by atoms with Crippen LogP contribution in [0.25, 0.3) is 0 Å². The third-order valence-electron chi connectivity index (χ3n) is 3.21. The molecule has 9 heteroatoms. The molecular weight excluding hydrogens is 330 g/mol. The second-order valence-corrected chi connectivity index (χ2v) is 6.44. The Morgan fingerprint density at radius 3 is 2.71 bits per heavy atom. The maximum Gasteiger partial charge on any atom is 0.294 e. The Kier molecular flexibility index (Phi) is 5.35. The number of carbonyl (C=O) groups is 2. The van der Waals surface area contributed by atoms with Gasteiger partial charge in [-0.2, -0.15) is 4.68 Å². The lowest BCUT2D eigenvalue weighted by Crippen LogP contribution is -2.33. The molecule has 126 valence electrons. The van der Waals surface area contributed by atoms with E-state index in [0.29, 0.717) is 11.3 Å². The third-order valence-corrected chi connectivity index (χ3v) is 4.26. The predicted molar refractivity (Wildman–Crippen MR) is 91.6 cm³/mol. The van der Waals surface area contributed by atoms with E-state index in [9.17, 15) is 14.4 Å². The van der Waals surface area contributed by atoms with Crippen molar-refractivity contribution in [2.75, 3.05) is 11.2 Å². The largest absolute Gasteiger partial charge is 0.334 e. The van der Waals surface area contributed by atoms with Gasteiger partial charge in [0.2, 0.25) is 11.1 Å². The maximum absolute atomic E-state index is 12.3. The lowest BCUT2D eigenvalue weighted by molar-refractivity contribution is -0.115. The minimum absolute atomic E-state index is 0.0874. The van der Waals surface area contributed by atoms with E-state index in [4.69, 9.17) is 5.84 Å². The minimum atomic E-state index is -0.572. The second kappa shape index (κ2) is 7.26. The summed E-state index contributed by atoms with van der Waals surface area (Å²) in [4.78, 5) is 35.4. The van der Waals surface area contributed by atoms with Gasteiger partial charge >= 0.3 is 0 Å². The number of benzene rings is 1. The number of ketones is 1. The monoisotopic (exact) mass is 347 g/mol. The van der Waals surface area contributed by atoms with Gasteiger partial charge in [0.1, 0.15) is 5.69 Å². The fraction of sp³-hybridized carbons (Fsp3) is 0.267. The van der Waals surface area contributed by atoms with Crippen LogP contribution in [0.2, 0.25) is 0 Å². The summed E-state index contributed by atoms with van der Waals surface area (Å²) in [6.07, 6.45) is 0. The zero-order valence-corrected chi connectivity index (χ0v) is 14.3. The van der Waals surface area contributed by atoms with Crippen molar-refractivity contribution in [3.63, 3.8) is 0 Å². The van der Waals surface area contributed by atoms with Crippen molar-refractivity contribution >= 4 is 29.1 Å². The van der Waals surface area contributed by atoms with E-state index in [1.165, 1.54) is 13.8 Å². The van der Waals surface area contributed by atoms with E-state index < -0.39 is 10.8 Å². The van der Waals surface area contributed by atoms with Crippen molar-refractivity contribution in [1.82, 2.24) is 14.9 Å². The van der Waals surface area contributed by atoms with Crippen LogP contribution in [0, 0.1) is 6.92 Å². The summed E-state index contributed by atoms with van der Waals surface area (Å²) in [5.41, 5.74) is 0.739. The molecular formula is C15H17N5O3S. The molecule has 1 atom stereocenters. The number of rotatable bonds is 5. The van der Waals surface area contributed by atoms with Gasteiger partial charge in [-0.15, -0.1) is 10.2 Å². The summed E-state index contributed by atoms with van der Waals surface area (Å²) in [5, 5.41) is 9.83. The number of aryl methyl sites for hydroxylation is 1. The van der Waals surface area contributed by atoms with E-state index >= 15 is 0 Å². The molecule has 0 radical (unpaired) electrons. The highest BCUT2D eigenvalue weighted by molar-refractivity contribution is 8.00. The molecule has 8 nitrogen and oxygen atoms in total. The maximum atomic E-state index is 12.3. The number of amides is 1. The molecule has 0 aliphatic rings. The summed E-state index contributed by atoms with van der Waals surface area (Å²) in [5.74, 6) is 5.25. The molecule has 3 N–H and O–H groups in total. The molecule has 0 aliphatic heterocycles. The first-order chi connectivity index (χ1) is 11.3. The first-order valence-electron chi connectivity index (χ1n) is 7.09. The average Bonchev–Trinajstić information content (AvgIpc) is 2.55. The first-order valence-corrected chi connectivity index (χ1v) is 7.97. The minimum Gasteiger partial charge on any atom is -0.334 e. The highest BCUT2D eigenvalue weighted by Crippen LogP contribution is 2.20. The Bertz CT molecular complexity index is 849. The number of nitrogens with one attached hydrogen (secondary N) is 1. The number of carbonyl (C=O) groups excluding carboxylic acids is 2. The van der Waals surface area contributed by atoms with Gasteiger partial charge in [0, 0.05) is 11.3 Å². The number of nitrogen functional groups attached to an aromatic ring is 1. The van der Waals surface area contributed by atoms with Crippen molar-refractivity contribution in [3.8, 4) is 0 Å². The average molecular weight is 347 g/mol. The number of hydrogen-bond donors (Lipinski definition) is 2. The summed E-state index contributed by atoms with van der Waals surface area (Å²) in [6, 6.07) is 6.65. The molecule has 0 fully saturated rings. The standard InChI is InChI=1S/C15H17N5O3S/c1-8-14(23)20(16)15(19-18-8)24-10(3)13(22)17-12-6-4-5-11(7-12)9(2)21/h4-7,10H,16H2,1-3H3,(H,17,22)/t10-/m0/s1. The zero-order valence-electron chi connectivity index (χ0n) is 13.4. The molecule has 0 saturated heterocycles. The van der Waals surface area contributed by atoms with Crippen molar-refractivity contribution < 1.29 is 9.59 Å². The quantitative estimate of drug-likeness (QED) is 0.470. The topological polar surface area (TPSA) is 120 Å². The molecule has 0 unspecified atom stereocenters. The van der Waals surface area contributed by atoms with Crippen LogP contribution in [0.4, 0.5) is 5.69 Å². The molecule has 0 saturated carbocycles. The number of Topliss-reactive ketones (excluding diaryl/α,β-unsaturated/α-hetero) is 1. The van der Waals surface area contributed by atoms with Crippen molar-refractivity contribution in [1.29, 1.82) is 0 Å². The number of nitrogens with two attached hydrogens (primary N) is 1. The van der Waals surface area contributed by atoms with Crippen LogP contribution in [-0.2, 0) is 4.79 Å². The molecule has 2 aromatic rings. The number of thioether (sulfide) groups is 1. The Morgan fingerprint density at radius 1 is 1.33 bits per heavy atom. The van der Waals surface area contributed by atoms with Crippen molar-refractivity contribution in [2.45, 2.75) is 31.2 Å². The van der Waals surface area contributed by atoms with Crippen LogP contribution >= 0.6 is 11.8 Å². The van der Waals surface area contributed by atoms with E-state index in [-0.39, 0.29) is 22.5 Å². The Morgan fingerprint density at radius 2 is 2.04 bits per heavy atom. The zero-order chi connectivity index (χ0) is 17.9. The molecule has 1 aromatic heterocycles. The molecule has 2 rings (SSSR count). The van der Waals surface area contributed by atoms with Crippen molar-refractivity contribution in [3.05, 3.63) is 45.9 Å². The van der Waals surface area contributed by atoms with Gasteiger partial charge in [-0.1, -0.05) is 23.9 Å². The van der Waals surface area contributed by atoms with Gasteiger partial charge in [0.05, 0.1) is 5.25 Å². The summed E-state index contributed by atoms with van der Waals surface area (Å²) in [6.45, 7) is 4.61. The Hall–Kier alpha value is -2.68. The van der Waals surface area contributed by atoms with Crippen LogP contribution in [0.3, 0.4) is 0 Å². The summed E-state index contributed by atoms with van der Waals surface area (Å²) in [7, 11) is 0. The number of anilines is 1. The smallest absolute Gasteiger partial charge is 0.294 e. The third kappa shape index (κ3) is 3.99. The van der Waals surface area contributed by atoms with Crippen LogP contribution in [0.1, 0.15) is 29.9 Å². The highest BCUT2D eigenvalue weighted by Gasteiger charge is 2.18. The second-order valence-electron chi connectivity index (χ2n) is 5.13. The molecule has 1 aromatic carbocycles. The fourth-order valence-corrected chi connectivity index (χ4v) is 2.59. The summed E-state index contributed by atoms with van der Waals surface area (Å²) < 4.78 is 0.868. The first kappa shape index (κ1) is 17.7. The highest BCUT2D eigenvalue weighted by atomic mass is 32.2. The lowest BCUT2D eigenvalue weighted by Gasteiger charge is -2.13. The van der Waals surface area contributed by atoms with Crippen LogP contribution in [0.15, 0.2) is 34.2 Å². The molecule has 0 bridgehead atoms. The SMILES string of the molecule is CC(=O)c1cccc(NC(=O)[C@H](C)Sc2nnc(C)c(=O)n2N)c1. The van der Waals surface area contributed by atoms with Crippen LogP contribution in [-0.4, -0.2) is 31.8 Å². The van der Waals surface area contributed by atoms with Gasteiger partial charge < -0.3 is 11.2 Å². The number of aromatic nitrogens is 3. The van der Waals surface area contributed by atoms with Gasteiger partial charge in [-0.05, 0) is 32.9 Å². The van der Waals surface area contributed by atoms with E-state index in [0.717, 1.165) is 16.4 Å². The van der Waals surface area contributed by atoms with Gasteiger partial charge in [-0.3, -0.25) is 14.4 Å². The van der Waals surface area contributed by atoms with Gasteiger partial charge in [0.15, 0.2) is 5.78 Å².